The summed E-state index contributed by atoms with van der Waals surface area (Å²) in [6.45, 7) is 6.43. The maximum atomic E-state index is 12.1. The van der Waals surface area contributed by atoms with E-state index in [4.69, 9.17) is 10.5 Å². The molecule has 0 heterocycles. The van der Waals surface area contributed by atoms with Crippen molar-refractivity contribution in [2.24, 2.45) is 28.4 Å². The van der Waals surface area contributed by atoms with Gasteiger partial charge in [0.05, 0.1) is 6.42 Å². The summed E-state index contributed by atoms with van der Waals surface area (Å²) in [7, 11) is 0. The summed E-state index contributed by atoms with van der Waals surface area (Å²) in [4.78, 5) is 12.1. The molecule has 1 unspecified atom stereocenters. The highest BCUT2D eigenvalue weighted by Crippen LogP contribution is 2.74. The molecule has 3 saturated carbocycles. The number of rotatable bonds is 3. The summed E-state index contributed by atoms with van der Waals surface area (Å²) in [6.07, 6.45) is 7.18. The van der Waals surface area contributed by atoms with Crippen molar-refractivity contribution < 1.29 is 9.53 Å². The van der Waals surface area contributed by atoms with E-state index in [2.05, 4.69) is 0 Å². The van der Waals surface area contributed by atoms with Crippen LogP contribution in [0.2, 0.25) is 0 Å². The Morgan fingerprint density at radius 2 is 1.95 bits per heavy atom. The van der Waals surface area contributed by atoms with Gasteiger partial charge < -0.3 is 10.5 Å². The van der Waals surface area contributed by atoms with E-state index in [1.807, 2.05) is 20.8 Å². The van der Waals surface area contributed by atoms with E-state index in [0.717, 1.165) is 12.3 Å². The fourth-order valence-corrected chi connectivity index (χ4v) is 4.73. The number of ether oxygens (including phenoxy) is 1. The first kappa shape index (κ1) is 13.4. The third-order valence-corrected chi connectivity index (χ3v) is 5.85. The molecule has 3 aliphatic rings. The van der Waals surface area contributed by atoms with Gasteiger partial charge in [-0.25, -0.2) is 0 Å². The average molecular weight is 265 g/mol. The van der Waals surface area contributed by atoms with Gasteiger partial charge >= 0.3 is 5.97 Å². The summed E-state index contributed by atoms with van der Waals surface area (Å²) in [6, 6.07) is 0. The molecular weight excluding hydrogens is 238 g/mol. The van der Waals surface area contributed by atoms with Gasteiger partial charge in [-0.2, -0.15) is 0 Å². The lowest BCUT2D eigenvalue weighted by molar-refractivity contribution is -0.164. The smallest absolute Gasteiger partial charge is 0.306 e. The molecule has 0 aromatic carbocycles. The minimum Gasteiger partial charge on any atom is -0.460 e. The Bertz CT molecular complexity index is 394. The first-order valence-electron chi connectivity index (χ1n) is 7.72. The van der Waals surface area contributed by atoms with Crippen LogP contribution in [0.4, 0.5) is 0 Å². The molecule has 3 rings (SSSR count). The monoisotopic (exact) mass is 265 g/mol. The third kappa shape index (κ3) is 2.10. The lowest BCUT2D eigenvalue weighted by Gasteiger charge is -2.54. The molecule has 19 heavy (non-hydrogen) atoms. The van der Waals surface area contributed by atoms with Crippen molar-refractivity contribution in [1.29, 1.82) is 0 Å². The highest BCUT2D eigenvalue weighted by atomic mass is 16.6. The van der Waals surface area contributed by atoms with E-state index in [1.165, 1.54) is 25.7 Å². The van der Waals surface area contributed by atoms with E-state index in [0.29, 0.717) is 24.3 Å². The first-order chi connectivity index (χ1) is 8.80. The van der Waals surface area contributed by atoms with E-state index in [1.54, 1.807) is 0 Å². The fourth-order valence-electron chi connectivity index (χ4n) is 4.73. The van der Waals surface area contributed by atoms with Crippen LogP contribution in [0, 0.1) is 22.7 Å². The Morgan fingerprint density at radius 1 is 1.26 bits per heavy atom. The Kier molecular flexibility index (Phi) is 2.80. The summed E-state index contributed by atoms with van der Waals surface area (Å²) in [5, 5.41) is 0. The van der Waals surface area contributed by atoms with Crippen LogP contribution >= 0.6 is 0 Å². The molecule has 1 spiro atoms. The molecule has 0 aromatic rings. The number of hydrogen-bond acceptors (Lipinski definition) is 3. The lowest BCUT2D eigenvalue weighted by Crippen LogP contribution is -2.53. The summed E-state index contributed by atoms with van der Waals surface area (Å²) >= 11 is 0. The quantitative estimate of drug-likeness (QED) is 0.798. The molecule has 3 fully saturated rings. The number of esters is 1. The molecular formula is C16H27NO2. The summed E-state index contributed by atoms with van der Waals surface area (Å²) in [5.74, 6) is 1.49. The van der Waals surface area contributed by atoms with E-state index in [-0.39, 0.29) is 17.0 Å². The minimum atomic E-state index is -0.386. The van der Waals surface area contributed by atoms with Crippen LogP contribution in [0.1, 0.15) is 59.3 Å². The minimum absolute atomic E-state index is 0.0547. The maximum absolute atomic E-state index is 12.1. The Labute approximate surface area is 116 Å². The van der Waals surface area contributed by atoms with Crippen molar-refractivity contribution in [2.45, 2.75) is 64.9 Å². The topological polar surface area (TPSA) is 52.3 Å². The van der Waals surface area contributed by atoms with E-state index in [9.17, 15) is 4.79 Å². The van der Waals surface area contributed by atoms with Crippen molar-refractivity contribution >= 4 is 5.97 Å². The van der Waals surface area contributed by atoms with Gasteiger partial charge in [-0.1, -0.05) is 0 Å². The zero-order valence-electron chi connectivity index (χ0n) is 12.5. The second-order valence-corrected chi connectivity index (χ2v) is 8.15. The van der Waals surface area contributed by atoms with Crippen LogP contribution in [0.3, 0.4) is 0 Å². The van der Waals surface area contributed by atoms with Gasteiger partial charge in [-0.05, 0) is 82.1 Å². The normalized spacial score (nSPS) is 38.7. The van der Waals surface area contributed by atoms with Crippen LogP contribution in [0.25, 0.3) is 0 Å². The third-order valence-electron chi connectivity index (χ3n) is 5.85. The number of carbonyl (C=O) groups is 1. The first-order valence-corrected chi connectivity index (χ1v) is 7.72. The van der Waals surface area contributed by atoms with Crippen LogP contribution in [0.15, 0.2) is 0 Å². The average Bonchev–Trinajstić information content (AvgIpc) is 2.94. The van der Waals surface area contributed by atoms with E-state index >= 15 is 0 Å². The van der Waals surface area contributed by atoms with Crippen LogP contribution < -0.4 is 5.73 Å². The fraction of sp³-hybridized carbons (Fsp3) is 0.938. The van der Waals surface area contributed by atoms with Gasteiger partial charge in [0.15, 0.2) is 0 Å². The van der Waals surface area contributed by atoms with Crippen LogP contribution in [0.5, 0.6) is 0 Å². The van der Waals surface area contributed by atoms with E-state index < -0.39 is 0 Å². The molecule has 0 bridgehead atoms. The Hall–Kier alpha value is -0.570. The molecule has 0 aromatic heterocycles. The molecule has 3 aliphatic carbocycles. The molecule has 3 atom stereocenters. The largest absolute Gasteiger partial charge is 0.460 e. The van der Waals surface area contributed by atoms with Gasteiger partial charge in [0.1, 0.15) is 5.60 Å². The van der Waals surface area contributed by atoms with Crippen molar-refractivity contribution in [3.8, 4) is 0 Å². The van der Waals surface area contributed by atoms with Crippen molar-refractivity contribution in [2.75, 3.05) is 6.54 Å². The molecule has 0 saturated heterocycles. The molecule has 3 nitrogen and oxygen atoms in total. The molecule has 2 N–H and O–H groups in total. The number of nitrogens with two attached hydrogens (primary N) is 1. The zero-order chi connectivity index (χ0) is 13.9. The SMILES string of the molecule is CC(C)(C)OC(=O)CC1(CN)C[C@@H]2[C@H]1CCC21CC1. The predicted octanol–water partition coefficient (Wildman–Crippen LogP) is 2.87. The van der Waals surface area contributed by atoms with Gasteiger partial charge in [-0.3, -0.25) is 4.79 Å². The summed E-state index contributed by atoms with van der Waals surface area (Å²) < 4.78 is 5.49. The van der Waals surface area contributed by atoms with Crippen molar-refractivity contribution in [3.05, 3.63) is 0 Å². The van der Waals surface area contributed by atoms with Gasteiger partial charge in [-0.15, -0.1) is 0 Å². The highest BCUT2D eigenvalue weighted by molar-refractivity contribution is 5.71. The molecule has 3 heteroatoms. The highest BCUT2D eigenvalue weighted by Gasteiger charge is 2.67. The second-order valence-electron chi connectivity index (χ2n) is 8.15. The van der Waals surface area contributed by atoms with Gasteiger partial charge in [0, 0.05) is 0 Å². The standard InChI is InChI=1S/C16H27NO2/c1-14(2,3)19-13(18)9-16(10-17)8-12-11(16)4-5-15(12)6-7-15/h11-12H,4-10,17H2,1-3H3/t11-,12-,16?/m1/s1. The van der Waals surface area contributed by atoms with Crippen LogP contribution in [-0.4, -0.2) is 18.1 Å². The summed E-state index contributed by atoms with van der Waals surface area (Å²) in [5.41, 5.74) is 6.39. The Morgan fingerprint density at radius 3 is 2.47 bits per heavy atom. The molecule has 0 aliphatic heterocycles. The number of fused-ring (bicyclic) bond motifs is 2. The van der Waals surface area contributed by atoms with Crippen LogP contribution in [-0.2, 0) is 9.53 Å². The lowest BCUT2D eigenvalue weighted by atomic mass is 9.51. The van der Waals surface area contributed by atoms with Crippen molar-refractivity contribution in [3.63, 3.8) is 0 Å². The predicted molar refractivity (Wildman–Crippen MR) is 74.4 cm³/mol. The number of hydrogen-bond donors (Lipinski definition) is 1. The van der Waals surface area contributed by atoms with Crippen molar-refractivity contribution in [1.82, 2.24) is 0 Å². The Balaban J connectivity index is 1.64. The molecule has 0 amide bonds. The molecule has 0 radical (unpaired) electrons. The second kappa shape index (κ2) is 3.97. The van der Waals surface area contributed by atoms with Gasteiger partial charge in [0.2, 0.25) is 0 Å². The van der Waals surface area contributed by atoms with Gasteiger partial charge in [0.25, 0.3) is 0 Å². The zero-order valence-corrected chi connectivity index (χ0v) is 12.5. The molecule has 108 valence electrons. The maximum Gasteiger partial charge on any atom is 0.306 e. The number of carbonyl (C=O) groups excluding carboxylic acids is 1.